The molecule has 0 atom stereocenters. The van der Waals surface area contributed by atoms with E-state index in [1.54, 1.807) is 13.8 Å². The van der Waals surface area contributed by atoms with Crippen molar-refractivity contribution in [2.24, 2.45) is 0 Å². The number of nitrogens with zero attached hydrogens (tertiary/aromatic N) is 3. The van der Waals surface area contributed by atoms with Crippen molar-refractivity contribution >= 4 is 11.8 Å². The van der Waals surface area contributed by atoms with E-state index in [1.807, 2.05) is 0 Å². The third kappa shape index (κ3) is 4.89. The summed E-state index contributed by atoms with van der Waals surface area (Å²) in [7, 11) is 0. The fourth-order valence-electron chi connectivity index (χ4n) is 2.27. The first-order valence-electron chi connectivity index (χ1n) is 7.50. The van der Waals surface area contributed by atoms with Crippen LogP contribution in [0.5, 0.6) is 0 Å². The first kappa shape index (κ1) is 20.5. The number of carbonyl (C=O) groups is 1. The topological polar surface area (TPSA) is 80.0 Å². The molecule has 0 aliphatic rings. The van der Waals surface area contributed by atoms with Crippen molar-refractivity contribution in [1.29, 1.82) is 0 Å². The molecule has 2 N–H and O–H groups in total. The lowest BCUT2D eigenvalue weighted by atomic mass is 10.0. The number of nitrogens with one attached hydrogen (secondary N) is 1. The molecule has 148 valence electrons. The zero-order chi connectivity index (χ0) is 20.6. The van der Waals surface area contributed by atoms with Gasteiger partial charge in [-0.3, -0.25) is 0 Å². The summed E-state index contributed by atoms with van der Waals surface area (Å²) in [5.74, 6) is -1.56. The Morgan fingerprint density at radius 3 is 2.04 bits per heavy atom. The molecule has 0 bridgehead atoms. The molecule has 12 heteroatoms. The molecule has 2 rings (SSSR count). The van der Waals surface area contributed by atoms with Gasteiger partial charge < -0.3 is 10.4 Å². The number of anilines is 1. The number of alkyl halides is 6. The van der Waals surface area contributed by atoms with Gasteiger partial charge >= 0.3 is 18.3 Å². The molecule has 0 saturated heterocycles. The molecular weight excluding hydrogens is 382 g/mol. The number of rotatable bonds is 5. The van der Waals surface area contributed by atoms with Crippen LogP contribution >= 0.6 is 0 Å². The molecular formula is C15H14F6N4O2. The van der Waals surface area contributed by atoms with Crippen molar-refractivity contribution in [2.45, 2.75) is 38.8 Å². The van der Waals surface area contributed by atoms with Crippen LogP contribution in [0.1, 0.15) is 41.0 Å². The second-order valence-electron chi connectivity index (χ2n) is 5.96. The van der Waals surface area contributed by atoms with E-state index in [-0.39, 0.29) is 23.5 Å². The Bertz CT molecular complexity index is 810. The molecule has 0 radical (unpaired) electrons. The van der Waals surface area contributed by atoms with Crippen LogP contribution in [0.15, 0.2) is 18.2 Å². The Morgan fingerprint density at radius 2 is 1.63 bits per heavy atom. The predicted octanol–water partition coefficient (Wildman–Crippen LogP) is 3.88. The lowest BCUT2D eigenvalue weighted by molar-refractivity contribution is -0.143. The molecule has 0 aliphatic heterocycles. The highest BCUT2D eigenvalue weighted by molar-refractivity contribution is 5.90. The van der Waals surface area contributed by atoms with E-state index in [0.717, 1.165) is 4.68 Å². The Morgan fingerprint density at radius 1 is 1.11 bits per heavy atom. The second kappa shape index (κ2) is 7.08. The van der Waals surface area contributed by atoms with Gasteiger partial charge in [0, 0.05) is 6.04 Å². The molecule has 0 unspecified atom stereocenters. The number of carboxylic acids is 1. The van der Waals surface area contributed by atoms with Crippen molar-refractivity contribution < 1.29 is 36.2 Å². The van der Waals surface area contributed by atoms with Crippen molar-refractivity contribution in [3.05, 3.63) is 40.6 Å². The van der Waals surface area contributed by atoms with Gasteiger partial charge in [-0.15, -0.1) is 5.10 Å². The molecule has 0 spiro atoms. The van der Waals surface area contributed by atoms with E-state index >= 15 is 0 Å². The SMILES string of the molecule is CC(C)Nc1c(C(=O)O)nnn1Cc1cc(C(F)(F)F)cc(C(F)(F)F)c1. The Balaban J connectivity index is 2.52. The second-order valence-corrected chi connectivity index (χ2v) is 5.96. The minimum atomic E-state index is -4.98. The van der Waals surface area contributed by atoms with Crippen molar-refractivity contribution in [3.8, 4) is 0 Å². The summed E-state index contributed by atoms with van der Waals surface area (Å²) in [6.45, 7) is 2.78. The van der Waals surface area contributed by atoms with Crippen LogP contribution in [0.2, 0.25) is 0 Å². The van der Waals surface area contributed by atoms with Crippen LogP contribution in [0.4, 0.5) is 32.2 Å². The largest absolute Gasteiger partial charge is 0.476 e. The van der Waals surface area contributed by atoms with Crippen molar-refractivity contribution in [1.82, 2.24) is 15.0 Å². The highest BCUT2D eigenvalue weighted by atomic mass is 19.4. The number of halogens is 6. The summed E-state index contributed by atoms with van der Waals surface area (Å²) in [4.78, 5) is 11.2. The van der Waals surface area contributed by atoms with Gasteiger partial charge in [-0.05, 0) is 37.6 Å². The highest BCUT2D eigenvalue weighted by Gasteiger charge is 2.37. The molecule has 1 aromatic carbocycles. The van der Waals surface area contributed by atoms with Crippen LogP contribution in [0.3, 0.4) is 0 Å². The lowest BCUT2D eigenvalue weighted by Gasteiger charge is -2.16. The molecule has 0 saturated carbocycles. The number of hydrogen-bond donors (Lipinski definition) is 2. The fraction of sp³-hybridized carbons (Fsp3) is 0.400. The van der Waals surface area contributed by atoms with E-state index < -0.39 is 41.7 Å². The predicted molar refractivity (Wildman–Crippen MR) is 81.3 cm³/mol. The summed E-state index contributed by atoms with van der Waals surface area (Å²) >= 11 is 0. The Hall–Kier alpha value is -2.79. The maximum Gasteiger partial charge on any atom is 0.416 e. The third-order valence-corrected chi connectivity index (χ3v) is 3.34. The van der Waals surface area contributed by atoms with E-state index in [4.69, 9.17) is 5.11 Å². The Kier molecular flexibility index (Phi) is 5.38. The van der Waals surface area contributed by atoms with Crippen molar-refractivity contribution in [2.75, 3.05) is 5.32 Å². The monoisotopic (exact) mass is 396 g/mol. The first-order valence-corrected chi connectivity index (χ1v) is 7.50. The highest BCUT2D eigenvalue weighted by Crippen LogP contribution is 2.36. The van der Waals surface area contributed by atoms with Gasteiger partial charge in [-0.2, -0.15) is 26.3 Å². The maximum absolute atomic E-state index is 12.9. The average Bonchev–Trinajstić information content (AvgIpc) is 2.87. The average molecular weight is 396 g/mol. The van der Waals surface area contributed by atoms with Gasteiger partial charge in [0.25, 0.3) is 0 Å². The Labute approximate surface area is 148 Å². The van der Waals surface area contributed by atoms with Crippen LogP contribution < -0.4 is 5.32 Å². The van der Waals surface area contributed by atoms with Crippen LogP contribution in [0.25, 0.3) is 0 Å². The van der Waals surface area contributed by atoms with Gasteiger partial charge in [0.05, 0.1) is 17.7 Å². The van der Waals surface area contributed by atoms with E-state index in [2.05, 4.69) is 15.6 Å². The quantitative estimate of drug-likeness (QED) is 0.750. The fourth-order valence-corrected chi connectivity index (χ4v) is 2.27. The van der Waals surface area contributed by atoms with E-state index in [9.17, 15) is 31.1 Å². The van der Waals surface area contributed by atoms with Gasteiger partial charge in [0.1, 0.15) is 0 Å². The molecule has 27 heavy (non-hydrogen) atoms. The number of aromatic nitrogens is 3. The number of carboxylic acid groups (broad SMARTS) is 1. The van der Waals surface area contributed by atoms with Crippen LogP contribution in [-0.4, -0.2) is 32.1 Å². The molecule has 1 heterocycles. The van der Waals surface area contributed by atoms with Crippen LogP contribution in [-0.2, 0) is 18.9 Å². The lowest BCUT2D eigenvalue weighted by Crippen LogP contribution is -2.18. The zero-order valence-corrected chi connectivity index (χ0v) is 14.0. The summed E-state index contributed by atoms with van der Waals surface area (Å²) < 4.78 is 78.6. The summed E-state index contributed by atoms with van der Waals surface area (Å²) in [6.07, 6.45) is -9.97. The standard InChI is InChI=1S/C15H14F6N4O2/c1-7(2)22-12-11(13(26)27)23-24-25(12)6-8-3-9(14(16,17)18)5-10(4-8)15(19,20)21/h3-5,7,22H,6H2,1-2H3,(H,26,27). The minimum absolute atomic E-state index is 0.0147. The summed E-state index contributed by atoms with van der Waals surface area (Å²) in [6, 6.07) is 0.834. The molecule has 6 nitrogen and oxygen atoms in total. The molecule has 0 aliphatic carbocycles. The van der Waals surface area contributed by atoms with Crippen LogP contribution in [0, 0.1) is 0 Å². The molecule has 2 aromatic rings. The molecule has 0 amide bonds. The molecule has 1 aromatic heterocycles. The number of aromatic carboxylic acids is 1. The molecule has 0 fully saturated rings. The van der Waals surface area contributed by atoms with Gasteiger partial charge in [-0.25, -0.2) is 9.48 Å². The number of benzene rings is 1. The van der Waals surface area contributed by atoms with Gasteiger partial charge in [0.2, 0.25) is 5.69 Å². The maximum atomic E-state index is 12.9. The summed E-state index contributed by atoms with van der Waals surface area (Å²) in [5.41, 5.74) is -3.79. The zero-order valence-electron chi connectivity index (χ0n) is 14.0. The van der Waals surface area contributed by atoms with E-state index in [1.165, 1.54) is 0 Å². The first-order chi connectivity index (χ1) is 12.3. The van der Waals surface area contributed by atoms with Gasteiger partial charge in [-0.1, -0.05) is 5.21 Å². The third-order valence-electron chi connectivity index (χ3n) is 3.34. The minimum Gasteiger partial charge on any atom is -0.476 e. The van der Waals surface area contributed by atoms with Gasteiger partial charge in [0.15, 0.2) is 5.82 Å². The smallest absolute Gasteiger partial charge is 0.416 e. The number of hydrogen-bond acceptors (Lipinski definition) is 4. The van der Waals surface area contributed by atoms with E-state index in [0.29, 0.717) is 12.1 Å². The van der Waals surface area contributed by atoms with Crippen molar-refractivity contribution in [3.63, 3.8) is 0 Å². The summed E-state index contributed by atoms with van der Waals surface area (Å²) in [5, 5.41) is 18.8. The normalized spacial score (nSPS) is 12.5.